The van der Waals surface area contributed by atoms with Crippen LogP contribution in [-0.2, 0) is 6.61 Å². The molecule has 4 aromatic rings. The number of H-pyrrole nitrogens is 1. The number of rotatable bonds is 6. The highest BCUT2D eigenvalue weighted by Gasteiger charge is 2.13. The van der Waals surface area contributed by atoms with E-state index in [-0.39, 0.29) is 5.11 Å². The van der Waals surface area contributed by atoms with Crippen molar-refractivity contribution in [2.24, 2.45) is 5.73 Å². The lowest BCUT2D eigenvalue weighted by Gasteiger charge is -2.23. The van der Waals surface area contributed by atoms with E-state index in [0.29, 0.717) is 6.61 Å². The molecule has 146 valence electrons. The lowest BCUT2D eigenvalue weighted by molar-refractivity contribution is 0.297. The molecule has 29 heavy (non-hydrogen) atoms. The van der Waals surface area contributed by atoms with E-state index in [9.17, 15) is 0 Å². The minimum Gasteiger partial charge on any atom is -0.497 e. The first-order valence-corrected chi connectivity index (χ1v) is 9.45. The molecule has 1 heterocycles. The summed E-state index contributed by atoms with van der Waals surface area (Å²) in [4.78, 5) is 9.56. The molecule has 0 amide bonds. The van der Waals surface area contributed by atoms with E-state index in [1.807, 2.05) is 72.8 Å². The van der Waals surface area contributed by atoms with Gasteiger partial charge in [0.2, 0.25) is 0 Å². The molecule has 0 radical (unpaired) electrons. The summed E-state index contributed by atoms with van der Waals surface area (Å²) < 4.78 is 11.1. The van der Waals surface area contributed by atoms with Crippen LogP contribution in [0.3, 0.4) is 0 Å². The van der Waals surface area contributed by atoms with Gasteiger partial charge in [0.1, 0.15) is 23.9 Å². The minimum atomic E-state index is 0.256. The van der Waals surface area contributed by atoms with Crippen LogP contribution >= 0.6 is 12.2 Å². The first kappa shape index (κ1) is 18.8. The van der Waals surface area contributed by atoms with Crippen LogP contribution in [0.5, 0.6) is 11.5 Å². The molecule has 0 unspecified atom stereocenters. The van der Waals surface area contributed by atoms with Crippen molar-refractivity contribution in [2.75, 3.05) is 12.0 Å². The number of methoxy groups -OCH3 is 1. The molecule has 3 aromatic carbocycles. The fraction of sp³-hybridized carbons (Fsp3) is 0.0909. The number of thiocarbonyl (C=S) groups is 1. The molecule has 0 saturated carbocycles. The van der Waals surface area contributed by atoms with E-state index in [4.69, 9.17) is 27.4 Å². The highest BCUT2D eigenvalue weighted by atomic mass is 32.1. The zero-order valence-electron chi connectivity index (χ0n) is 15.8. The number of hydrogen-bond donors (Lipinski definition) is 2. The van der Waals surface area contributed by atoms with Crippen molar-refractivity contribution in [1.29, 1.82) is 0 Å². The summed E-state index contributed by atoms with van der Waals surface area (Å²) in [6, 6.07) is 23.0. The third-order valence-corrected chi connectivity index (χ3v) is 4.64. The topological polar surface area (TPSA) is 76.4 Å². The van der Waals surface area contributed by atoms with E-state index in [1.54, 1.807) is 12.0 Å². The van der Waals surface area contributed by atoms with Gasteiger partial charge in [-0.1, -0.05) is 12.1 Å². The van der Waals surface area contributed by atoms with Crippen molar-refractivity contribution in [1.82, 2.24) is 9.97 Å². The van der Waals surface area contributed by atoms with E-state index in [2.05, 4.69) is 9.97 Å². The average Bonchev–Trinajstić information content (AvgIpc) is 3.17. The Morgan fingerprint density at radius 2 is 1.59 bits per heavy atom. The van der Waals surface area contributed by atoms with Gasteiger partial charge >= 0.3 is 0 Å². The molecule has 0 spiro atoms. The van der Waals surface area contributed by atoms with Gasteiger partial charge < -0.3 is 20.2 Å². The Kier molecular flexibility index (Phi) is 5.31. The molecule has 0 aliphatic carbocycles. The fourth-order valence-corrected chi connectivity index (χ4v) is 3.26. The summed E-state index contributed by atoms with van der Waals surface area (Å²) in [5, 5.41) is 0.256. The number of nitrogens with one attached hydrogen (secondary N) is 1. The number of fused-ring (bicyclic) bond motifs is 1. The summed E-state index contributed by atoms with van der Waals surface area (Å²) in [7, 11) is 1.63. The number of ether oxygens (including phenoxy) is 2. The van der Waals surface area contributed by atoms with Gasteiger partial charge in [0, 0.05) is 11.4 Å². The number of nitrogens with two attached hydrogens (primary N) is 1. The lowest BCUT2D eigenvalue weighted by atomic mass is 10.2. The predicted octanol–water partition coefficient (Wildman–Crippen LogP) is 4.53. The number of aromatic amines is 1. The molecular weight excluding hydrogens is 384 g/mol. The Hall–Kier alpha value is -3.58. The molecule has 0 atom stereocenters. The van der Waals surface area contributed by atoms with Gasteiger partial charge in [0.15, 0.2) is 5.11 Å². The van der Waals surface area contributed by atoms with Gasteiger partial charge in [-0.05, 0) is 72.9 Å². The number of benzene rings is 3. The van der Waals surface area contributed by atoms with Crippen LogP contribution in [-0.4, -0.2) is 22.2 Å². The number of para-hydroxylation sites is 2. The Balaban J connectivity index is 1.48. The van der Waals surface area contributed by atoms with Crippen LogP contribution in [0.15, 0.2) is 72.8 Å². The first-order chi connectivity index (χ1) is 14.1. The highest BCUT2D eigenvalue weighted by Crippen LogP contribution is 2.29. The maximum Gasteiger partial charge on any atom is 0.175 e. The number of anilines is 2. The molecule has 7 heteroatoms. The summed E-state index contributed by atoms with van der Waals surface area (Å²) in [6.45, 7) is 0.353. The van der Waals surface area contributed by atoms with E-state index in [0.717, 1.165) is 39.7 Å². The predicted molar refractivity (Wildman–Crippen MR) is 119 cm³/mol. The normalized spacial score (nSPS) is 10.7. The van der Waals surface area contributed by atoms with Gasteiger partial charge in [-0.3, -0.25) is 4.90 Å². The van der Waals surface area contributed by atoms with Crippen molar-refractivity contribution in [3.63, 3.8) is 0 Å². The third-order valence-electron chi connectivity index (χ3n) is 4.46. The SMILES string of the molecule is COc1ccc(N(C(N)=S)c2ccc(OCc3nc4ccccc4[nH]3)cc2)cc1. The number of nitrogens with zero attached hydrogens (tertiary/aromatic N) is 2. The van der Waals surface area contributed by atoms with Crippen molar-refractivity contribution in [3.05, 3.63) is 78.6 Å². The monoisotopic (exact) mass is 404 g/mol. The van der Waals surface area contributed by atoms with Crippen LogP contribution in [0, 0.1) is 0 Å². The molecule has 0 aliphatic rings. The van der Waals surface area contributed by atoms with Crippen LogP contribution in [0.4, 0.5) is 11.4 Å². The van der Waals surface area contributed by atoms with Crippen molar-refractivity contribution in [2.45, 2.75) is 6.61 Å². The van der Waals surface area contributed by atoms with Crippen molar-refractivity contribution < 1.29 is 9.47 Å². The third kappa shape index (κ3) is 4.14. The Morgan fingerprint density at radius 3 is 2.17 bits per heavy atom. The summed E-state index contributed by atoms with van der Waals surface area (Å²) >= 11 is 5.25. The summed E-state index contributed by atoms with van der Waals surface area (Å²) in [5.74, 6) is 2.27. The molecular formula is C22H20N4O2S. The summed E-state index contributed by atoms with van der Waals surface area (Å²) in [5.41, 5.74) is 9.58. The number of hydrogen-bond acceptors (Lipinski definition) is 4. The smallest absolute Gasteiger partial charge is 0.175 e. The van der Waals surface area contributed by atoms with Gasteiger partial charge in [-0.25, -0.2) is 4.98 Å². The van der Waals surface area contributed by atoms with Gasteiger partial charge in [-0.2, -0.15) is 0 Å². The Labute approximate surface area is 173 Å². The minimum absolute atomic E-state index is 0.256. The molecule has 1 aromatic heterocycles. The summed E-state index contributed by atoms with van der Waals surface area (Å²) in [6.07, 6.45) is 0. The molecule has 3 N–H and O–H groups in total. The molecule has 0 saturated heterocycles. The van der Waals surface area contributed by atoms with Crippen LogP contribution in [0.1, 0.15) is 5.82 Å². The van der Waals surface area contributed by atoms with E-state index in [1.165, 1.54) is 0 Å². The van der Waals surface area contributed by atoms with Crippen molar-refractivity contribution >= 4 is 39.7 Å². The van der Waals surface area contributed by atoms with Crippen LogP contribution in [0.25, 0.3) is 11.0 Å². The second-order valence-corrected chi connectivity index (χ2v) is 6.77. The fourth-order valence-electron chi connectivity index (χ4n) is 3.05. The molecule has 4 rings (SSSR count). The zero-order chi connectivity index (χ0) is 20.2. The quantitative estimate of drug-likeness (QED) is 0.460. The largest absolute Gasteiger partial charge is 0.497 e. The van der Waals surface area contributed by atoms with Gasteiger partial charge in [0.05, 0.1) is 18.1 Å². The Morgan fingerprint density at radius 1 is 0.966 bits per heavy atom. The second-order valence-electron chi connectivity index (χ2n) is 6.35. The molecule has 0 aliphatic heterocycles. The maximum atomic E-state index is 5.96. The zero-order valence-corrected chi connectivity index (χ0v) is 16.6. The first-order valence-electron chi connectivity index (χ1n) is 9.04. The molecule has 6 nitrogen and oxygen atoms in total. The molecule has 0 bridgehead atoms. The van der Waals surface area contributed by atoms with Crippen molar-refractivity contribution in [3.8, 4) is 11.5 Å². The van der Waals surface area contributed by atoms with E-state index < -0.39 is 0 Å². The number of imidazole rings is 1. The Bertz CT molecular complexity index is 1090. The highest BCUT2D eigenvalue weighted by molar-refractivity contribution is 7.80. The van der Waals surface area contributed by atoms with Crippen LogP contribution < -0.4 is 20.1 Å². The lowest BCUT2D eigenvalue weighted by Crippen LogP contribution is -2.31. The maximum absolute atomic E-state index is 5.96. The van der Waals surface area contributed by atoms with Crippen LogP contribution in [0.2, 0.25) is 0 Å². The standard InChI is InChI=1S/C22H20N4O2S/c1-27-17-10-6-15(7-11-17)26(22(23)29)16-8-12-18(13-9-16)28-14-21-24-19-4-2-3-5-20(19)25-21/h2-13H,14H2,1H3,(H2,23,29)(H,24,25). The van der Waals surface area contributed by atoms with E-state index >= 15 is 0 Å². The second kappa shape index (κ2) is 8.20. The average molecular weight is 404 g/mol. The molecule has 0 fully saturated rings. The number of aromatic nitrogens is 2. The van der Waals surface area contributed by atoms with Gasteiger partial charge in [0.25, 0.3) is 0 Å². The van der Waals surface area contributed by atoms with Gasteiger partial charge in [-0.15, -0.1) is 0 Å².